The van der Waals surface area contributed by atoms with E-state index in [1.807, 2.05) is 38.1 Å². The first kappa shape index (κ1) is 20.4. The van der Waals surface area contributed by atoms with Crippen LogP contribution in [0.4, 0.5) is 5.69 Å². The van der Waals surface area contributed by atoms with Crippen molar-refractivity contribution >= 4 is 29.9 Å². The molecule has 1 rings (SSSR count). The number of nitrogens with two attached hydrogens (primary N) is 1. The standard InChI is InChI=1S/C16H25N3O2.ClH/c1-4-11(2)16(21)19-14-7-5-6-13(9-14)10-18-15(20)8-12(3)17;/h5-7,9,11-12H,4,8,10,17H2,1-3H3,(H,18,20)(H,19,21);1H. The molecule has 1 aromatic carbocycles. The van der Waals surface area contributed by atoms with Crippen LogP contribution in [0.2, 0.25) is 0 Å². The quantitative estimate of drug-likeness (QED) is 0.719. The molecule has 2 amide bonds. The van der Waals surface area contributed by atoms with E-state index in [9.17, 15) is 9.59 Å². The molecule has 0 spiro atoms. The van der Waals surface area contributed by atoms with Gasteiger partial charge in [-0.3, -0.25) is 9.59 Å². The van der Waals surface area contributed by atoms with Crippen molar-refractivity contribution in [3.8, 4) is 0 Å². The Labute approximate surface area is 138 Å². The van der Waals surface area contributed by atoms with Gasteiger partial charge in [-0.2, -0.15) is 0 Å². The van der Waals surface area contributed by atoms with Crippen LogP contribution < -0.4 is 16.4 Å². The van der Waals surface area contributed by atoms with Crippen molar-refractivity contribution in [3.63, 3.8) is 0 Å². The maximum absolute atomic E-state index is 11.8. The summed E-state index contributed by atoms with van der Waals surface area (Å²) in [4.78, 5) is 23.4. The normalized spacial score (nSPS) is 12.7. The minimum atomic E-state index is -0.147. The molecule has 0 fully saturated rings. The van der Waals surface area contributed by atoms with E-state index in [2.05, 4.69) is 10.6 Å². The van der Waals surface area contributed by atoms with Crippen molar-refractivity contribution in [1.29, 1.82) is 0 Å². The zero-order valence-electron chi connectivity index (χ0n) is 13.4. The first-order valence-corrected chi connectivity index (χ1v) is 7.34. The summed E-state index contributed by atoms with van der Waals surface area (Å²) in [5.41, 5.74) is 7.26. The number of halogens is 1. The molecule has 0 aromatic heterocycles. The summed E-state index contributed by atoms with van der Waals surface area (Å²) in [6, 6.07) is 7.33. The van der Waals surface area contributed by atoms with Crippen LogP contribution in [0.1, 0.15) is 39.2 Å². The van der Waals surface area contributed by atoms with E-state index >= 15 is 0 Å². The Morgan fingerprint density at radius 1 is 1.27 bits per heavy atom. The van der Waals surface area contributed by atoms with Gasteiger partial charge in [-0.05, 0) is 31.0 Å². The predicted octanol–water partition coefficient (Wildman–Crippen LogP) is 2.45. The lowest BCUT2D eigenvalue weighted by Crippen LogP contribution is -2.29. The Bertz CT molecular complexity index is 492. The third-order valence-corrected chi connectivity index (χ3v) is 3.25. The maximum atomic E-state index is 11.8. The van der Waals surface area contributed by atoms with Crippen LogP contribution in [0, 0.1) is 5.92 Å². The van der Waals surface area contributed by atoms with E-state index in [0.717, 1.165) is 17.7 Å². The second kappa shape index (κ2) is 10.2. The number of benzene rings is 1. The van der Waals surface area contributed by atoms with Crippen LogP contribution in [0.25, 0.3) is 0 Å². The van der Waals surface area contributed by atoms with Crippen molar-refractivity contribution < 1.29 is 9.59 Å². The van der Waals surface area contributed by atoms with Crippen molar-refractivity contribution in [2.75, 3.05) is 5.32 Å². The van der Waals surface area contributed by atoms with Gasteiger partial charge in [0.05, 0.1) is 0 Å². The van der Waals surface area contributed by atoms with Crippen LogP contribution >= 0.6 is 12.4 Å². The smallest absolute Gasteiger partial charge is 0.227 e. The van der Waals surface area contributed by atoms with Crippen LogP contribution in [-0.2, 0) is 16.1 Å². The van der Waals surface area contributed by atoms with E-state index in [0.29, 0.717) is 13.0 Å². The second-order valence-electron chi connectivity index (χ2n) is 5.46. The fraction of sp³-hybridized carbons (Fsp3) is 0.500. The van der Waals surface area contributed by atoms with Gasteiger partial charge >= 0.3 is 0 Å². The zero-order valence-corrected chi connectivity index (χ0v) is 14.2. The van der Waals surface area contributed by atoms with E-state index in [1.165, 1.54) is 0 Å². The highest BCUT2D eigenvalue weighted by Crippen LogP contribution is 2.13. The van der Waals surface area contributed by atoms with Gasteiger partial charge in [-0.25, -0.2) is 0 Å². The van der Waals surface area contributed by atoms with Gasteiger partial charge in [-0.1, -0.05) is 26.0 Å². The molecule has 5 nitrogen and oxygen atoms in total. The molecule has 124 valence electrons. The summed E-state index contributed by atoms with van der Waals surface area (Å²) in [7, 11) is 0. The van der Waals surface area contributed by atoms with E-state index in [1.54, 1.807) is 6.92 Å². The zero-order chi connectivity index (χ0) is 15.8. The molecular weight excluding hydrogens is 302 g/mol. The molecule has 0 radical (unpaired) electrons. The number of carbonyl (C=O) groups is 2. The van der Waals surface area contributed by atoms with Gasteiger partial charge in [0.1, 0.15) is 0 Å². The van der Waals surface area contributed by atoms with Gasteiger partial charge in [-0.15, -0.1) is 12.4 Å². The third-order valence-electron chi connectivity index (χ3n) is 3.25. The Hall–Kier alpha value is -1.59. The molecule has 4 N–H and O–H groups in total. The first-order chi connectivity index (χ1) is 9.92. The number of hydrogen-bond donors (Lipinski definition) is 3. The number of carbonyl (C=O) groups excluding carboxylic acids is 2. The van der Waals surface area contributed by atoms with Gasteiger partial charge < -0.3 is 16.4 Å². The largest absolute Gasteiger partial charge is 0.352 e. The fourth-order valence-corrected chi connectivity index (χ4v) is 1.78. The van der Waals surface area contributed by atoms with E-state index in [-0.39, 0.29) is 36.2 Å². The molecule has 1 aromatic rings. The lowest BCUT2D eigenvalue weighted by molar-refractivity contribution is -0.121. The molecule has 2 unspecified atom stereocenters. The van der Waals surface area contributed by atoms with Crippen molar-refractivity contribution in [2.24, 2.45) is 11.7 Å². The molecule has 0 bridgehead atoms. The van der Waals surface area contributed by atoms with Gasteiger partial charge in [0.25, 0.3) is 0 Å². The van der Waals surface area contributed by atoms with Crippen molar-refractivity contribution in [3.05, 3.63) is 29.8 Å². The van der Waals surface area contributed by atoms with Crippen LogP contribution in [-0.4, -0.2) is 17.9 Å². The SMILES string of the molecule is CCC(C)C(=O)Nc1cccc(CNC(=O)CC(C)N)c1.Cl. The fourth-order valence-electron chi connectivity index (χ4n) is 1.78. The van der Waals surface area contributed by atoms with Crippen LogP contribution in [0.5, 0.6) is 0 Å². The highest BCUT2D eigenvalue weighted by molar-refractivity contribution is 5.92. The first-order valence-electron chi connectivity index (χ1n) is 7.34. The predicted molar refractivity (Wildman–Crippen MR) is 91.9 cm³/mol. The average molecular weight is 328 g/mol. The van der Waals surface area contributed by atoms with Gasteiger partial charge in [0, 0.05) is 30.6 Å². The molecule has 0 saturated heterocycles. The Morgan fingerprint density at radius 3 is 2.55 bits per heavy atom. The molecule has 0 aliphatic rings. The monoisotopic (exact) mass is 327 g/mol. The minimum absolute atomic E-state index is 0. The highest BCUT2D eigenvalue weighted by Gasteiger charge is 2.10. The molecule has 2 atom stereocenters. The van der Waals surface area contributed by atoms with Gasteiger partial charge in [0.2, 0.25) is 11.8 Å². The molecule has 0 aliphatic carbocycles. The Kier molecular flexibility index (Phi) is 9.45. The lowest BCUT2D eigenvalue weighted by Gasteiger charge is -2.12. The number of rotatable bonds is 7. The lowest BCUT2D eigenvalue weighted by atomic mass is 10.1. The summed E-state index contributed by atoms with van der Waals surface area (Å²) in [6.07, 6.45) is 1.11. The summed E-state index contributed by atoms with van der Waals surface area (Å²) in [6.45, 7) is 6.10. The molecular formula is C16H26ClN3O2. The minimum Gasteiger partial charge on any atom is -0.352 e. The van der Waals surface area contributed by atoms with Crippen molar-refractivity contribution in [1.82, 2.24) is 5.32 Å². The average Bonchev–Trinajstić information content (AvgIpc) is 2.44. The van der Waals surface area contributed by atoms with Gasteiger partial charge in [0.15, 0.2) is 0 Å². The van der Waals surface area contributed by atoms with Crippen LogP contribution in [0.15, 0.2) is 24.3 Å². The summed E-state index contributed by atoms with van der Waals surface area (Å²) in [5.74, 6) is -0.0749. The van der Waals surface area contributed by atoms with E-state index in [4.69, 9.17) is 5.73 Å². The molecule has 22 heavy (non-hydrogen) atoms. The van der Waals surface area contributed by atoms with Crippen molar-refractivity contribution in [2.45, 2.75) is 46.2 Å². The van der Waals surface area contributed by atoms with Crippen LogP contribution in [0.3, 0.4) is 0 Å². The summed E-state index contributed by atoms with van der Waals surface area (Å²) < 4.78 is 0. The highest BCUT2D eigenvalue weighted by atomic mass is 35.5. The topological polar surface area (TPSA) is 84.2 Å². The second-order valence-corrected chi connectivity index (χ2v) is 5.46. The number of hydrogen-bond acceptors (Lipinski definition) is 3. The molecule has 0 saturated carbocycles. The molecule has 6 heteroatoms. The van der Waals surface area contributed by atoms with E-state index < -0.39 is 0 Å². The third kappa shape index (κ3) is 7.43. The molecule has 0 aliphatic heterocycles. The Balaban J connectivity index is 0.00000441. The Morgan fingerprint density at radius 2 is 1.95 bits per heavy atom. The summed E-state index contributed by atoms with van der Waals surface area (Å²) >= 11 is 0. The maximum Gasteiger partial charge on any atom is 0.227 e. The molecule has 0 heterocycles. The number of amides is 2. The summed E-state index contributed by atoms with van der Waals surface area (Å²) in [5, 5.41) is 5.69. The number of nitrogens with one attached hydrogen (secondary N) is 2. The number of anilines is 1.